The van der Waals surface area contributed by atoms with E-state index >= 15 is 0 Å². The van der Waals surface area contributed by atoms with Gasteiger partial charge in [-0.15, -0.1) is 0 Å². The summed E-state index contributed by atoms with van der Waals surface area (Å²) in [6, 6.07) is 0.168. The predicted molar refractivity (Wildman–Crippen MR) is 74.1 cm³/mol. The molecule has 0 aromatic heterocycles. The van der Waals surface area contributed by atoms with Crippen LogP contribution in [0.1, 0.15) is 58.3 Å². The number of urea groups is 1. The highest BCUT2D eigenvalue weighted by Gasteiger charge is 2.23. The Balaban J connectivity index is 1.87. The molecule has 5 nitrogen and oxygen atoms in total. The lowest BCUT2D eigenvalue weighted by Gasteiger charge is -2.14. The van der Waals surface area contributed by atoms with Crippen LogP contribution in [0.4, 0.5) is 4.79 Å². The highest BCUT2D eigenvalue weighted by Crippen LogP contribution is 2.33. The number of hydrogen-bond donors (Lipinski definition) is 3. The number of carbonyl (C=O) groups is 2. The number of aliphatic carboxylic acids is 1. The molecule has 0 spiro atoms. The number of carbonyl (C=O) groups excluding carboxylic acids is 1. The number of carboxylic acids is 1. The van der Waals surface area contributed by atoms with E-state index in [1.165, 1.54) is 12.8 Å². The number of amides is 2. The molecule has 110 valence electrons. The number of rotatable bonds is 10. The topological polar surface area (TPSA) is 78.4 Å². The smallest absolute Gasteiger partial charge is 0.314 e. The van der Waals surface area contributed by atoms with E-state index in [4.69, 9.17) is 5.11 Å². The molecule has 0 saturated heterocycles. The van der Waals surface area contributed by atoms with Crippen molar-refractivity contribution in [2.75, 3.05) is 6.54 Å². The second-order valence-electron chi connectivity index (χ2n) is 5.54. The average molecular weight is 270 g/mol. The van der Waals surface area contributed by atoms with Gasteiger partial charge in [-0.05, 0) is 32.1 Å². The summed E-state index contributed by atoms with van der Waals surface area (Å²) in [5, 5.41) is 14.3. The Bertz CT molecular complexity index is 290. The van der Waals surface area contributed by atoms with Crippen molar-refractivity contribution in [2.24, 2.45) is 5.92 Å². The molecule has 0 aliphatic heterocycles. The van der Waals surface area contributed by atoms with E-state index < -0.39 is 5.97 Å². The summed E-state index contributed by atoms with van der Waals surface area (Å²) in [6.07, 6.45) is 7.45. The van der Waals surface area contributed by atoms with Crippen molar-refractivity contribution < 1.29 is 14.7 Å². The lowest BCUT2D eigenvalue weighted by Crippen LogP contribution is -2.41. The Labute approximate surface area is 115 Å². The highest BCUT2D eigenvalue weighted by molar-refractivity contribution is 5.74. The van der Waals surface area contributed by atoms with Gasteiger partial charge < -0.3 is 15.7 Å². The fraction of sp³-hybridized carbons (Fsp3) is 0.857. The highest BCUT2D eigenvalue weighted by atomic mass is 16.4. The van der Waals surface area contributed by atoms with Gasteiger partial charge in [-0.3, -0.25) is 4.79 Å². The van der Waals surface area contributed by atoms with Crippen molar-refractivity contribution >= 4 is 12.0 Å². The molecule has 0 bridgehead atoms. The number of hydrogen-bond acceptors (Lipinski definition) is 2. The average Bonchev–Trinajstić information content (AvgIpc) is 3.10. The fourth-order valence-corrected chi connectivity index (χ4v) is 2.14. The van der Waals surface area contributed by atoms with E-state index in [-0.39, 0.29) is 18.5 Å². The van der Waals surface area contributed by atoms with Gasteiger partial charge in [-0.25, -0.2) is 4.79 Å². The summed E-state index contributed by atoms with van der Waals surface area (Å²) >= 11 is 0. The van der Waals surface area contributed by atoms with Crippen LogP contribution in [0.5, 0.6) is 0 Å². The third-order valence-corrected chi connectivity index (χ3v) is 3.36. The number of nitrogens with one attached hydrogen (secondary N) is 2. The van der Waals surface area contributed by atoms with Gasteiger partial charge in [0.1, 0.15) is 0 Å². The third kappa shape index (κ3) is 9.33. The zero-order valence-electron chi connectivity index (χ0n) is 11.8. The van der Waals surface area contributed by atoms with Crippen molar-refractivity contribution in [1.29, 1.82) is 0 Å². The lowest BCUT2D eigenvalue weighted by molar-refractivity contribution is -0.137. The van der Waals surface area contributed by atoms with E-state index in [9.17, 15) is 9.59 Å². The van der Waals surface area contributed by atoms with Crippen LogP contribution in [-0.4, -0.2) is 29.7 Å². The first kappa shape index (κ1) is 15.8. The van der Waals surface area contributed by atoms with Crippen LogP contribution >= 0.6 is 0 Å². The lowest BCUT2D eigenvalue weighted by atomic mass is 10.1. The first-order valence-electron chi connectivity index (χ1n) is 7.34. The molecule has 1 aliphatic rings. The fourth-order valence-electron chi connectivity index (χ4n) is 2.14. The van der Waals surface area contributed by atoms with E-state index in [1.54, 1.807) is 0 Å². The first-order chi connectivity index (χ1) is 9.08. The molecule has 1 rings (SSSR count). The molecular formula is C14H26N2O3. The van der Waals surface area contributed by atoms with Gasteiger partial charge in [-0.1, -0.05) is 25.7 Å². The summed E-state index contributed by atoms with van der Waals surface area (Å²) in [5.41, 5.74) is 0. The molecule has 2 amide bonds. The quantitative estimate of drug-likeness (QED) is 0.534. The van der Waals surface area contributed by atoms with E-state index in [0.717, 1.165) is 38.0 Å². The Kier molecular flexibility index (Phi) is 7.30. The molecule has 1 fully saturated rings. The summed E-state index contributed by atoms with van der Waals surface area (Å²) in [6.45, 7) is 2.71. The summed E-state index contributed by atoms with van der Waals surface area (Å²) in [7, 11) is 0. The van der Waals surface area contributed by atoms with Gasteiger partial charge in [0.05, 0.1) is 0 Å². The number of unbranched alkanes of at least 4 members (excludes halogenated alkanes) is 3. The third-order valence-electron chi connectivity index (χ3n) is 3.36. The normalized spacial score (nSPS) is 15.8. The van der Waals surface area contributed by atoms with Gasteiger partial charge in [0.25, 0.3) is 0 Å². The van der Waals surface area contributed by atoms with Crippen LogP contribution in [0.25, 0.3) is 0 Å². The zero-order chi connectivity index (χ0) is 14.1. The minimum Gasteiger partial charge on any atom is -0.481 e. The van der Waals surface area contributed by atoms with Crippen molar-refractivity contribution in [1.82, 2.24) is 10.6 Å². The minimum absolute atomic E-state index is 0.0846. The van der Waals surface area contributed by atoms with Gasteiger partial charge in [0.15, 0.2) is 0 Å². The van der Waals surface area contributed by atoms with Gasteiger partial charge in [-0.2, -0.15) is 0 Å². The first-order valence-corrected chi connectivity index (χ1v) is 7.34. The monoisotopic (exact) mass is 270 g/mol. The summed E-state index contributed by atoms with van der Waals surface area (Å²) < 4.78 is 0. The Morgan fingerprint density at radius 1 is 1.21 bits per heavy atom. The maximum Gasteiger partial charge on any atom is 0.314 e. The molecule has 0 aromatic rings. The van der Waals surface area contributed by atoms with Crippen LogP contribution < -0.4 is 10.6 Å². The molecule has 1 unspecified atom stereocenters. The molecule has 1 saturated carbocycles. The van der Waals surface area contributed by atoms with Crippen LogP contribution in [0.3, 0.4) is 0 Å². The Morgan fingerprint density at radius 3 is 2.53 bits per heavy atom. The number of carboxylic acid groups (broad SMARTS) is 1. The molecule has 1 atom stereocenters. The Hall–Kier alpha value is -1.26. The van der Waals surface area contributed by atoms with Crippen LogP contribution in [0.15, 0.2) is 0 Å². The summed E-state index contributed by atoms with van der Waals surface area (Å²) in [4.78, 5) is 21.8. The maximum absolute atomic E-state index is 11.5. The largest absolute Gasteiger partial charge is 0.481 e. The van der Waals surface area contributed by atoms with E-state index in [2.05, 4.69) is 10.6 Å². The molecule has 3 N–H and O–H groups in total. The van der Waals surface area contributed by atoms with Crippen LogP contribution in [-0.2, 0) is 4.79 Å². The van der Waals surface area contributed by atoms with Gasteiger partial charge in [0.2, 0.25) is 0 Å². The SMILES string of the molecule is CC(CC1CC1)NC(=O)NCCCCCCC(=O)O. The van der Waals surface area contributed by atoms with Crippen molar-refractivity contribution in [3.63, 3.8) is 0 Å². The second kappa shape index (κ2) is 8.77. The van der Waals surface area contributed by atoms with Crippen molar-refractivity contribution in [3.05, 3.63) is 0 Å². The zero-order valence-corrected chi connectivity index (χ0v) is 11.8. The second-order valence-corrected chi connectivity index (χ2v) is 5.54. The summed E-state index contributed by atoms with van der Waals surface area (Å²) in [5.74, 6) is 0.0895. The predicted octanol–water partition coefficient (Wildman–Crippen LogP) is 2.51. The molecule has 19 heavy (non-hydrogen) atoms. The van der Waals surface area contributed by atoms with Gasteiger partial charge in [0, 0.05) is 19.0 Å². The molecule has 0 aromatic carbocycles. The van der Waals surface area contributed by atoms with Gasteiger partial charge >= 0.3 is 12.0 Å². The molecule has 5 heteroatoms. The van der Waals surface area contributed by atoms with E-state index in [0.29, 0.717) is 6.54 Å². The Morgan fingerprint density at radius 2 is 1.89 bits per heavy atom. The van der Waals surface area contributed by atoms with Crippen LogP contribution in [0, 0.1) is 5.92 Å². The minimum atomic E-state index is -0.734. The van der Waals surface area contributed by atoms with Crippen molar-refractivity contribution in [3.8, 4) is 0 Å². The maximum atomic E-state index is 11.5. The molecule has 1 aliphatic carbocycles. The molecule has 0 heterocycles. The molecule has 0 radical (unpaired) electrons. The van der Waals surface area contributed by atoms with Crippen molar-refractivity contribution in [2.45, 2.75) is 64.3 Å². The molecular weight excluding hydrogens is 244 g/mol. The van der Waals surface area contributed by atoms with Crippen LogP contribution in [0.2, 0.25) is 0 Å². The standard InChI is InChI=1S/C14H26N2O3/c1-11(10-12-7-8-12)16-14(19)15-9-5-3-2-4-6-13(17)18/h11-12H,2-10H2,1H3,(H,17,18)(H2,15,16,19). The van der Waals surface area contributed by atoms with E-state index in [1.807, 2.05) is 6.92 Å².